The van der Waals surface area contributed by atoms with Gasteiger partial charge in [-0.3, -0.25) is 24.1 Å². The van der Waals surface area contributed by atoms with Gasteiger partial charge in [-0.25, -0.2) is 0 Å². The molecular formula is C22H22N2O5S3. The Morgan fingerprint density at radius 3 is 2.66 bits per heavy atom. The summed E-state index contributed by atoms with van der Waals surface area (Å²) in [5.74, 6) is -1.34. The highest BCUT2D eigenvalue weighted by molar-refractivity contribution is 8.00. The van der Waals surface area contributed by atoms with E-state index in [2.05, 4.69) is 11.1 Å². The molecule has 1 N–H and O–H groups in total. The minimum atomic E-state index is -0.544. The second kappa shape index (κ2) is 7.30. The monoisotopic (exact) mass is 490 g/mol. The molecule has 32 heavy (non-hydrogen) atoms. The molecule has 1 saturated heterocycles. The van der Waals surface area contributed by atoms with E-state index < -0.39 is 5.97 Å². The third-order valence-electron chi connectivity index (χ3n) is 7.32. The number of ether oxygens (including phenoxy) is 1. The summed E-state index contributed by atoms with van der Waals surface area (Å²) >= 11 is 4.62. The first-order valence-corrected chi connectivity index (χ1v) is 13.4. The molecule has 0 radical (unpaired) electrons. The van der Waals surface area contributed by atoms with Crippen molar-refractivity contribution in [1.29, 1.82) is 0 Å². The van der Waals surface area contributed by atoms with Crippen LogP contribution in [-0.2, 0) is 19.1 Å². The van der Waals surface area contributed by atoms with Crippen LogP contribution in [0.4, 0.5) is 0 Å². The molecule has 0 aromatic carbocycles. The third-order valence-corrected chi connectivity index (χ3v) is 10.9. The van der Waals surface area contributed by atoms with E-state index in [0.29, 0.717) is 0 Å². The van der Waals surface area contributed by atoms with Crippen molar-refractivity contribution in [2.75, 3.05) is 6.54 Å². The Kier molecular flexibility index (Phi) is 4.71. The molecule has 2 amide bonds. The van der Waals surface area contributed by atoms with E-state index >= 15 is 0 Å². The summed E-state index contributed by atoms with van der Waals surface area (Å²) in [4.78, 5) is 57.4. The summed E-state index contributed by atoms with van der Waals surface area (Å²) in [5.41, 5.74) is 0. The standard InChI is InChI=1S/C22H22N2O5S3/c1-8(2)29-12(25)7-24-20(26)14-9-6-10(15(14)21(24)27)17-13(9)16(11-4-3-5-30-11)18-19(31-17)23-22(28)32-18/h3-5,8-10,13-17H,6-7H2,1-2H3,(H,23,28). The van der Waals surface area contributed by atoms with E-state index in [4.69, 9.17) is 4.74 Å². The molecule has 7 atom stereocenters. The van der Waals surface area contributed by atoms with Crippen LogP contribution in [0, 0.1) is 29.6 Å². The minimum Gasteiger partial charge on any atom is -0.462 e. The molecule has 168 valence electrons. The van der Waals surface area contributed by atoms with Crippen molar-refractivity contribution in [3.05, 3.63) is 36.9 Å². The number of esters is 1. The second-order valence-corrected chi connectivity index (χ2v) is 12.5. The van der Waals surface area contributed by atoms with Crippen LogP contribution in [0.3, 0.4) is 0 Å². The fourth-order valence-corrected chi connectivity index (χ4v) is 10.3. The fraction of sp³-hybridized carbons (Fsp3) is 0.545. The number of nitrogens with zero attached hydrogens (tertiary/aromatic N) is 1. The second-order valence-electron chi connectivity index (χ2n) is 9.28. The van der Waals surface area contributed by atoms with E-state index in [-0.39, 0.29) is 70.1 Å². The van der Waals surface area contributed by atoms with Gasteiger partial charge in [-0.1, -0.05) is 17.4 Å². The molecule has 2 aliphatic heterocycles. The summed E-state index contributed by atoms with van der Waals surface area (Å²) in [6.45, 7) is 3.19. The Hall–Kier alpha value is -1.91. The number of thiazole rings is 1. The number of rotatable bonds is 4. The van der Waals surface area contributed by atoms with Crippen molar-refractivity contribution in [1.82, 2.24) is 9.88 Å². The zero-order valence-electron chi connectivity index (χ0n) is 17.5. The number of fused-ring (bicyclic) bond motifs is 9. The Bertz CT molecular complexity index is 1170. The number of thiophene rings is 1. The molecule has 2 saturated carbocycles. The van der Waals surface area contributed by atoms with Gasteiger partial charge in [0.25, 0.3) is 0 Å². The van der Waals surface area contributed by atoms with E-state index in [1.54, 1.807) is 36.9 Å². The van der Waals surface area contributed by atoms with Crippen LogP contribution in [0.1, 0.15) is 35.9 Å². The van der Waals surface area contributed by atoms with Gasteiger partial charge in [0, 0.05) is 20.9 Å². The number of likely N-dealkylation sites (tertiary alicyclic amines) is 1. The first kappa shape index (κ1) is 20.7. The predicted octanol–water partition coefficient (Wildman–Crippen LogP) is 2.92. The number of imide groups is 1. The Morgan fingerprint density at radius 1 is 1.22 bits per heavy atom. The molecule has 7 unspecified atom stereocenters. The molecule has 0 spiro atoms. The van der Waals surface area contributed by atoms with Gasteiger partial charge in [0.05, 0.1) is 23.0 Å². The molecule has 6 rings (SSSR count). The predicted molar refractivity (Wildman–Crippen MR) is 121 cm³/mol. The fourth-order valence-electron chi connectivity index (χ4n) is 6.45. The molecular weight excluding hydrogens is 468 g/mol. The summed E-state index contributed by atoms with van der Waals surface area (Å²) in [6, 6.07) is 4.13. The Morgan fingerprint density at radius 2 is 1.97 bits per heavy atom. The molecule has 7 nitrogen and oxygen atoms in total. The SMILES string of the molecule is CC(C)OC(=O)CN1C(=O)C2C3CC(C2C1=O)C1C(c2cccs2)c2sc(=O)[nH]c2SC31. The molecule has 2 aromatic rings. The minimum absolute atomic E-state index is 0.0569. The van der Waals surface area contributed by atoms with Crippen LogP contribution in [0.5, 0.6) is 0 Å². The van der Waals surface area contributed by atoms with E-state index in [1.165, 1.54) is 16.2 Å². The number of hydrogen-bond donors (Lipinski definition) is 1. The molecule has 2 aliphatic carbocycles. The Balaban J connectivity index is 1.36. The van der Waals surface area contributed by atoms with Crippen LogP contribution >= 0.6 is 34.4 Å². The highest BCUT2D eigenvalue weighted by Gasteiger charge is 2.69. The summed E-state index contributed by atoms with van der Waals surface area (Å²) < 4.78 is 5.18. The topological polar surface area (TPSA) is 96.5 Å². The van der Waals surface area contributed by atoms with Crippen molar-refractivity contribution in [2.24, 2.45) is 29.6 Å². The van der Waals surface area contributed by atoms with E-state index in [1.807, 2.05) is 11.4 Å². The number of carbonyl (C=O) groups is 3. The van der Waals surface area contributed by atoms with Gasteiger partial charge >= 0.3 is 10.8 Å². The molecule has 2 bridgehead atoms. The third kappa shape index (κ3) is 2.85. The van der Waals surface area contributed by atoms with Gasteiger partial charge < -0.3 is 9.72 Å². The molecule has 4 aliphatic rings. The van der Waals surface area contributed by atoms with Gasteiger partial charge in [-0.2, -0.15) is 0 Å². The zero-order valence-corrected chi connectivity index (χ0v) is 19.9. The summed E-state index contributed by atoms with van der Waals surface area (Å²) in [6.07, 6.45) is 0.554. The largest absolute Gasteiger partial charge is 0.462 e. The zero-order chi connectivity index (χ0) is 22.3. The smallest absolute Gasteiger partial charge is 0.326 e. The van der Waals surface area contributed by atoms with Crippen molar-refractivity contribution >= 4 is 52.2 Å². The number of nitrogens with one attached hydrogen (secondary N) is 1. The van der Waals surface area contributed by atoms with E-state index in [9.17, 15) is 19.2 Å². The lowest BCUT2D eigenvalue weighted by Gasteiger charge is -2.42. The number of thioether (sulfide) groups is 1. The number of carbonyl (C=O) groups excluding carboxylic acids is 3. The first-order valence-electron chi connectivity index (χ1n) is 10.8. The molecule has 10 heteroatoms. The van der Waals surface area contributed by atoms with Crippen LogP contribution < -0.4 is 4.87 Å². The van der Waals surface area contributed by atoms with Crippen LogP contribution in [-0.4, -0.2) is 45.6 Å². The van der Waals surface area contributed by atoms with Crippen LogP contribution in [0.25, 0.3) is 0 Å². The lowest BCUT2D eigenvalue weighted by atomic mass is 9.69. The molecule has 3 fully saturated rings. The first-order chi connectivity index (χ1) is 15.3. The lowest BCUT2D eigenvalue weighted by molar-refractivity contribution is -0.155. The van der Waals surface area contributed by atoms with Crippen molar-refractivity contribution in [3.63, 3.8) is 0 Å². The lowest BCUT2D eigenvalue weighted by Crippen LogP contribution is -2.42. The number of H-pyrrole nitrogens is 1. The summed E-state index contributed by atoms with van der Waals surface area (Å²) in [7, 11) is 0. The maximum Gasteiger partial charge on any atom is 0.326 e. The van der Waals surface area contributed by atoms with Crippen LogP contribution in [0.2, 0.25) is 0 Å². The van der Waals surface area contributed by atoms with Gasteiger partial charge in [0.1, 0.15) is 6.54 Å². The van der Waals surface area contributed by atoms with Crippen molar-refractivity contribution < 1.29 is 19.1 Å². The normalized spacial score (nSPS) is 34.7. The van der Waals surface area contributed by atoms with Gasteiger partial charge in [-0.15, -0.1) is 23.1 Å². The maximum atomic E-state index is 13.4. The van der Waals surface area contributed by atoms with Gasteiger partial charge in [0.15, 0.2) is 0 Å². The van der Waals surface area contributed by atoms with E-state index in [0.717, 1.165) is 21.2 Å². The highest BCUT2D eigenvalue weighted by Crippen LogP contribution is 2.68. The van der Waals surface area contributed by atoms with Gasteiger partial charge in [-0.05, 0) is 49.5 Å². The Labute approximate surface area is 196 Å². The number of aromatic nitrogens is 1. The molecule has 2 aromatic heterocycles. The number of hydrogen-bond acceptors (Lipinski definition) is 8. The number of amides is 2. The van der Waals surface area contributed by atoms with Crippen LogP contribution in [0.15, 0.2) is 27.3 Å². The van der Waals surface area contributed by atoms with Crippen molar-refractivity contribution in [2.45, 2.75) is 42.6 Å². The highest BCUT2D eigenvalue weighted by atomic mass is 32.2. The number of aromatic amines is 1. The van der Waals surface area contributed by atoms with Crippen molar-refractivity contribution in [3.8, 4) is 0 Å². The average Bonchev–Trinajstić information content (AvgIpc) is 3.52. The summed E-state index contributed by atoms with van der Waals surface area (Å²) in [5, 5.41) is 3.13. The maximum absolute atomic E-state index is 13.4. The van der Waals surface area contributed by atoms with Gasteiger partial charge in [0.2, 0.25) is 11.8 Å². The molecule has 4 heterocycles. The average molecular weight is 491 g/mol. The quantitative estimate of drug-likeness (QED) is 0.523.